The molecule has 2 aliphatic heterocycles. The molecule has 6 heteroatoms. The van der Waals surface area contributed by atoms with Gasteiger partial charge in [0.2, 0.25) is 6.79 Å². The first kappa shape index (κ1) is 17.4. The van der Waals surface area contributed by atoms with Crippen LogP contribution in [-0.2, 0) is 11.3 Å². The first-order chi connectivity index (χ1) is 12.5. The molecule has 0 saturated carbocycles. The third-order valence-electron chi connectivity index (χ3n) is 4.89. The second-order valence-corrected chi connectivity index (χ2v) is 8.30. The van der Waals surface area contributed by atoms with Crippen LogP contribution in [0.2, 0.25) is 0 Å². The van der Waals surface area contributed by atoms with E-state index in [-0.39, 0.29) is 24.3 Å². The number of carbonyl (C=O) groups is 1. The summed E-state index contributed by atoms with van der Waals surface area (Å²) >= 11 is 1.49. The van der Waals surface area contributed by atoms with Gasteiger partial charge in [-0.2, -0.15) is 0 Å². The van der Waals surface area contributed by atoms with E-state index in [4.69, 9.17) is 14.2 Å². The van der Waals surface area contributed by atoms with Gasteiger partial charge in [-0.3, -0.25) is 4.79 Å². The highest BCUT2D eigenvalue weighted by Gasteiger charge is 2.35. The maximum Gasteiger partial charge on any atom is 0.264 e. The monoisotopic (exact) mass is 373 g/mol. The predicted molar refractivity (Wildman–Crippen MR) is 99.8 cm³/mol. The lowest BCUT2D eigenvalue weighted by Crippen LogP contribution is -2.48. The summed E-state index contributed by atoms with van der Waals surface area (Å²) in [5, 5.41) is 1.94. The Labute approximate surface area is 157 Å². The zero-order chi connectivity index (χ0) is 18.1. The number of benzene rings is 1. The molecule has 5 nitrogen and oxygen atoms in total. The Morgan fingerprint density at radius 2 is 2.12 bits per heavy atom. The van der Waals surface area contributed by atoms with Crippen LogP contribution >= 0.6 is 11.3 Å². The highest BCUT2D eigenvalue weighted by Crippen LogP contribution is 2.34. The summed E-state index contributed by atoms with van der Waals surface area (Å²) in [6, 6.07) is 9.86. The van der Waals surface area contributed by atoms with Crippen molar-refractivity contribution >= 4 is 17.2 Å². The van der Waals surface area contributed by atoms with Gasteiger partial charge in [-0.25, -0.2) is 0 Å². The highest BCUT2D eigenvalue weighted by molar-refractivity contribution is 7.12. The van der Waals surface area contributed by atoms with E-state index < -0.39 is 0 Å². The molecule has 1 aromatic heterocycles. The summed E-state index contributed by atoms with van der Waals surface area (Å²) < 4.78 is 16.7. The van der Waals surface area contributed by atoms with Gasteiger partial charge in [0.1, 0.15) is 0 Å². The molecule has 0 radical (unpaired) electrons. The Bertz CT molecular complexity index is 787. The lowest BCUT2D eigenvalue weighted by molar-refractivity contribution is -0.0791. The molecule has 0 spiro atoms. The zero-order valence-electron chi connectivity index (χ0n) is 15.1. The Balaban J connectivity index is 1.61. The van der Waals surface area contributed by atoms with Crippen LogP contribution in [0.4, 0.5) is 0 Å². The van der Waals surface area contributed by atoms with Crippen LogP contribution in [0.25, 0.3) is 0 Å². The number of fused-ring (bicyclic) bond motifs is 1. The second kappa shape index (κ2) is 6.93. The Morgan fingerprint density at radius 1 is 1.27 bits per heavy atom. The SMILES string of the molecule is CC1(C)C[C@@H](N(Cc2ccc3c(c2)OCO3)C(=O)c2cccs2)CCO1. The summed E-state index contributed by atoms with van der Waals surface area (Å²) in [6.07, 6.45) is 1.68. The van der Waals surface area contributed by atoms with Crippen LogP contribution < -0.4 is 9.47 Å². The fourth-order valence-electron chi connectivity index (χ4n) is 3.61. The van der Waals surface area contributed by atoms with E-state index in [1.54, 1.807) is 0 Å². The lowest BCUT2D eigenvalue weighted by atomic mass is 9.92. The van der Waals surface area contributed by atoms with Crippen molar-refractivity contribution in [2.75, 3.05) is 13.4 Å². The fourth-order valence-corrected chi connectivity index (χ4v) is 4.29. The molecule has 26 heavy (non-hydrogen) atoms. The Hall–Kier alpha value is -2.05. The largest absolute Gasteiger partial charge is 0.454 e. The minimum atomic E-state index is -0.216. The quantitative estimate of drug-likeness (QED) is 0.810. The molecule has 2 aromatic rings. The van der Waals surface area contributed by atoms with E-state index in [0.717, 1.165) is 34.8 Å². The molecule has 0 aliphatic carbocycles. The van der Waals surface area contributed by atoms with Crippen LogP contribution in [0.5, 0.6) is 11.5 Å². The van der Waals surface area contributed by atoms with E-state index >= 15 is 0 Å². The summed E-state index contributed by atoms with van der Waals surface area (Å²) in [5.41, 5.74) is 0.828. The van der Waals surface area contributed by atoms with Crippen molar-refractivity contribution in [3.05, 3.63) is 46.2 Å². The molecule has 1 amide bonds. The van der Waals surface area contributed by atoms with Gasteiger partial charge >= 0.3 is 0 Å². The van der Waals surface area contributed by atoms with Gasteiger partial charge in [0.15, 0.2) is 11.5 Å². The third-order valence-corrected chi connectivity index (χ3v) is 5.75. The average molecular weight is 373 g/mol. The van der Waals surface area contributed by atoms with Crippen molar-refractivity contribution in [3.8, 4) is 11.5 Å². The topological polar surface area (TPSA) is 48.0 Å². The van der Waals surface area contributed by atoms with Crippen LogP contribution in [0.15, 0.2) is 35.7 Å². The number of ether oxygens (including phenoxy) is 3. The number of thiophene rings is 1. The first-order valence-corrected chi connectivity index (χ1v) is 9.77. The van der Waals surface area contributed by atoms with E-state index in [1.165, 1.54) is 11.3 Å². The lowest BCUT2D eigenvalue weighted by Gasteiger charge is -2.41. The second-order valence-electron chi connectivity index (χ2n) is 7.35. The fraction of sp³-hybridized carbons (Fsp3) is 0.450. The van der Waals surface area contributed by atoms with Crippen LogP contribution in [-0.4, -0.2) is 35.8 Å². The maximum atomic E-state index is 13.2. The molecule has 1 atom stereocenters. The molecule has 2 aliphatic rings. The van der Waals surface area contributed by atoms with E-state index in [9.17, 15) is 4.79 Å². The first-order valence-electron chi connectivity index (χ1n) is 8.89. The van der Waals surface area contributed by atoms with Crippen molar-refractivity contribution < 1.29 is 19.0 Å². The summed E-state index contributed by atoms with van der Waals surface area (Å²) in [6.45, 7) is 5.66. The number of hydrogen-bond donors (Lipinski definition) is 0. The maximum absolute atomic E-state index is 13.2. The summed E-state index contributed by atoms with van der Waals surface area (Å²) in [4.78, 5) is 16.0. The summed E-state index contributed by atoms with van der Waals surface area (Å²) in [5.74, 6) is 1.59. The van der Waals surface area contributed by atoms with Crippen molar-refractivity contribution in [1.82, 2.24) is 4.90 Å². The van der Waals surface area contributed by atoms with Crippen molar-refractivity contribution in [1.29, 1.82) is 0 Å². The molecule has 1 saturated heterocycles. The summed E-state index contributed by atoms with van der Waals surface area (Å²) in [7, 11) is 0. The van der Waals surface area contributed by atoms with E-state index in [1.807, 2.05) is 40.6 Å². The molecule has 0 unspecified atom stereocenters. The molecule has 3 heterocycles. The van der Waals surface area contributed by atoms with Gasteiger partial charge in [0.05, 0.1) is 10.5 Å². The van der Waals surface area contributed by atoms with Gasteiger partial charge in [0, 0.05) is 19.2 Å². The molecule has 0 N–H and O–H groups in total. The molecule has 138 valence electrons. The van der Waals surface area contributed by atoms with E-state index in [0.29, 0.717) is 13.2 Å². The minimum Gasteiger partial charge on any atom is -0.454 e. The van der Waals surface area contributed by atoms with Gasteiger partial charge in [-0.05, 0) is 55.8 Å². The molecule has 1 fully saturated rings. The number of rotatable bonds is 4. The Morgan fingerprint density at radius 3 is 2.88 bits per heavy atom. The average Bonchev–Trinajstić information content (AvgIpc) is 3.29. The standard InChI is InChI=1S/C20H23NO4S/c1-20(2)11-15(7-8-25-20)21(19(22)18-4-3-9-26-18)12-14-5-6-16-17(10-14)24-13-23-16/h3-6,9-10,15H,7-8,11-13H2,1-2H3/t15-/m0/s1. The molecule has 1 aromatic carbocycles. The number of carbonyl (C=O) groups excluding carboxylic acids is 1. The molecular weight excluding hydrogens is 350 g/mol. The number of amides is 1. The zero-order valence-corrected chi connectivity index (χ0v) is 15.9. The molecule has 4 rings (SSSR count). The number of hydrogen-bond acceptors (Lipinski definition) is 5. The normalized spacial score (nSPS) is 20.8. The van der Waals surface area contributed by atoms with E-state index in [2.05, 4.69) is 13.8 Å². The smallest absolute Gasteiger partial charge is 0.264 e. The van der Waals surface area contributed by atoms with Gasteiger partial charge in [-0.15, -0.1) is 11.3 Å². The number of nitrogens with zero attached hydrogens (tertiary/aromatic N) is 1. The van der Waals surface area contributed by atoms with Crippen molar-refractivity contribution in [3.63, 3.8) is 0 Å². The third kappa shape index (κ3) is 3.57. The van der Waals surface area contributed by atoms with Crippen molar-refractivity contribution in [2.24, 2.45) is 0 Å². The predicted octanol–water partition coefficient (Wildman–Crippen LogP) is 4.08. The van der Waals surface area contributed by atoms with Gasteiger partial charge in [-0.1, -0.05) is 12.1 Å². The van der Waals surface area contributed by atoms with Crippen molar-refractivity contribution in [2.45, 2.75) is 44.9 Å². The van der Waals surface area contributed by atoms with Crippen LogP contribution in [0.3, 0.4) is 0 Å². The van der Waals surface area contributed by atoms with Crippen LogP contribution in [0.1, 0.15) is 41.9 Å². The van der Waals surface area contributed by atoms with Gasteiger partial charge < -0.3 is 19.1 Å². The molecular formula is C20H23NO4S. The highest BCUT2D eigenvalue weighted by atomic mass is 32.1. The molecule has 0 bridgehead atoms. The minimum absolute atomic E-state index is 0.0837. The van der Waals surface area contributed by atoms with Crippen LogP contribution in [0, 0.1) is 0 Å². The van der Waals surface area contributed by atoms with Gasteiger partial charge in [0.25, 0.3) is 5.91 Å². The Kier molecular flexibility index (Phi) is 4.63.